The number of unbranched alkanes of at least 4 members (excludes halogenated alkanes) is 2. The lowest BCUT2D eigenvalue weighted by Gasteiger charge is -2.22. The summed E-state index contributed by atoms with van der Waals surface area (Å²) in [5.41, 5.74) is 0. The molecule has 1 heteroatoms. The van der Waals surface area contributed by atoms with E-state index in [0.29, 0.717) is 0 Å². The van der Waals surface area contributed by atoms with Crippen LogP contribution in [0.2, 0.25) is 0 Å². The Morgan fingerprint density at radius 3 is 2.08 bits per heavy atom. The van der Waals surface area contributed by atoms with Gasteiger partial charge < -0.3 is 4.48 Å². The van der Waals surface area contributed by atoms with Gasteiger partial charge in [-0.05, 0) is 6.42 Å². The van der Waals surface area contributed by atoms with E-state index in [1.807, 2.05) is 0 Å². The molecule has 0 aliphatic heterocycles. The lowest BCUT2D eigenvalue weighted by atomic mass is 10.2. The summed E-state index contributed by atoms with van der Waals surface area (Å²) in [6.45, 7) is 3.35. The molecule has 70 valence electrons. The maximum absolute atomic E-state index is 3.21. The Balaban J connectivity index is 3.33. The zero-order valence-corrected chi connectivity index (χ0v) is 8.98. The van der Waals surface area contributed by atoms with Gasteiger partial charge in [-0.3, -0.25) is 0 Å². The van der Waals surface area contributed by atoms with Crippen molar-refractivity contribution in [2.45, 2.75) is 32.6 Å². The van der Waals surface area contributed by atoms with Gasteiger partial charge in [0.05, 0.1) is 34.1 Å². The van der Waals surface area contributed by atoms with Gasteiger partial charge in [-0.2, -0.15) is 0 Å². The highest BCUT2D eigenvalue weighted by Gasteiger charge is 2.02. The average Bonchev–Trinajstić information content (AvgIpc) is 1.94. The molecule has 0 amide bonds. The van der Waals surface area contributed by atoms with Crippen LogP contribution in [0.25, 0.3) is 0 Å². The summed E-state index contributed by atoms with van der Waals surface area (Å²) in [6.07, 6.45) is 4.61. The van der Waals surface area contributed by atoms with Gasteiger partial charge in [0, 0.05) is 6.42 Å². The Labute approximate surface area is 77.4 Å². The van der Waals surface area contributed by atoms with Crippen molar-refractivity contribution in [1.29, 1.82) is 0 Å². The molecule has 0 radical (unpaired) electrons. The maximum atomic E-state index is 3.21. The topological polar surface area (TPSA) is 0 Å². The first-order valence-electron chi connectivity index (χ1n) is 4.82. The smallest absolute Gasteiger partial charge is 0.0891 e. The van der Waals surface area contributed by atoms with Gasteiger partial charge >= 0.3 is 0 Å². The SMILES string of the molecule is CCCCC#CCC[N+](C)(C)C. The first-order chi connectivity index (χ1) is 5.56. The van der Waals surface area contributed by atoms with Crippen LogP contribution in [0.5, 0.6) is 0 Å². The highest BCUT2D eigenvalue weighted by atomic mass is 15.3. The molecule has 0 heterocycles. The van der Waals surface area contributed by atoms with Crippen molar-refractivity contribution in [2.75, 3.05) is 27.7 Å². The van der Waals surface area contributed by atoms with E-state index < -0.39 is 0 Å². The van der Waals surface area contributed by atoms with Crippen LogP contribution in [-0.4, -0.2) is 32.2 Å². The molecule has 0 aromatic heterocycles. The molecule has 0 bridgehead atoms. The molecule has 0 aromatic carbocycles. The standard InChI is InChI=1S/C11H22N/c1-5-6-7-8-9-10-11-12(2,3)4/h5-7,10-11H2,1-4H3/q+1. The zero-order valence-electron chi connectivity index (χ0n) is 8.98. The first kappa shape index (κ1) is 11.5. The van der Waals surface area contributed by atoms with Gasteiger partial charge in [0.1, 0.15) is 0 Å². The lowest BCUT2D eigenvalue weighted by molar-refractivity contribution is -0.869. The molecule has 0 aliphatic rings. The first-order valence-corrected chi connectivity index (χ1v) is 4.82. The quantitative estimate of drug-likeness (QED) is 0.343. The van der Waals surface area contributed by atoms with Crippen LogP contribution in [0, 0.1) is 11.8 Å². The monoisotopic (exact) mass is 168 g/mol. The van der Waals surface area contributed by atoms with E-state index in [1.165, 1.54) is 12.8 Å². The summed E-state index contributed by atoms with van der Waals surface area (Å²) in [7, 11) is 6.61. The van der Waals surface area contributed by atoms with Gasteiger partial charge in [0.15, 0.2) is 0 Å². The predicted octanol–water partition coefficient (Wildman–Crippen LogP) is 2.28. The Morgan fingerprint density at radius 1 is 1.00 bits per heavy atom. The molecule has 0 N–H and O–H groups in total. The van der Waals surface area contributed by atoms with Crippen LogP contribution in [0.4, 0.5) is 0 Å². The summed E-state index contributed by atoms with van der Waals surface area (Å²) in [5.74, 6) is 6.41. The second kappa shape index (κ2) is 6.08. The molecule has 0 unspecified atom stereocenters. The molecule has 0 saturated heterocycles. The normalized spacial score (nSPS) is 10.7. The molecule has 0 aromatic rings. The maximum Gasteiger partial charge on any atom is 0.0891 e. The van der Waals surface area contributed by atoms with Crippen molar-refractivity contribution in [2.24, 2.45) is 0 Å². The summed E-state index contributed by atoms with van der Waals surface area (Å²) in [6, 6.07) is 0. The molecule has 0 aliphatic carbocycles. The van der Waals surface area contributed by atoms with E-state index in [9.17, 15) is 0 Å². The Bertz CT molecular complexity index is 154. The fraction of sp³-hybridized carbons (Fsp3) is 0.818. The van der Waals surface area contributed by atoms with Crippen molar-refractivity contribution >= 4 is 0 Å². The third-order valence-corrected chi connectivity index (χ3v) is 1.69. The minimum Gasteiger partial charge on any atom is -0.330 e. The fourth-order valence-corrected chi connectivity index (χ4v) is 0.833. The number of hydrogen-bond acceptors (Lipinski definition) is 0. The summed E-state index contributed by atoms with van der Waals surface area (Å²) < 4.78 is 1.02. The lowest BCUT2D eigenvalue weighted by Crippen LogP contribution is -2.34. The van der Waals surface area contributed by atoms with Crippen LogP contribution in [0.1, 0.15) is 32.6 Å². The average molecular weight is 168 g/mol. The van der Waals surface area contributed by atoms with E-state index in [-0.39, 0.29) is 0 Å². The van der Waals surface area contributed by atoms with E-state index in [1.54, 1.807) is 0 Å². The number of quaternary nitrogens is 1. The summed E-state index contributed by atoms with van der Waals surface area (Å²) in [4.78, 5) is 0. The minimum absolute atomic E-state index is 1.02. The molecule has 0 spiro atoms. The second-order valence-electron chi connectivity index (χ2n) is 4.22. The number of hydrogen-bond donors (Lipinski definition) is 0. The van der Waals surface area contributed by atoms with Crippen molar-refractivity contribution in [3.8, 4) is 11.8 Å². The molecule has 0 fully saturated rings. The van der Waals surface area contributed by atoms with E-state index in [0.717, 1.165) is 23.9 Å². The molecule has 0 saturated carbocycles. The van der Waals surface area contributed by atoms with Gasteiger partial charge in [0.25, 0.3) is 0 Å². The minimum atomic E-state index is 1.02. The zero-order chi connectivity index (χ0) is 9.45. The van der Waals surface area contributed by atoms with Crippen LogP contribution in [0.3, 0.4) is 0 Å². The number of rotatable bonds is 4. The van der Waals surface area contributed by atoms with Crippen LogP contribution in [-0.2, 0) is 0 Å². The Morgan fingerprint density at radius 2 is 1.58 bits per heavy atom. The molecule has 1 nitrogen and oxygen atoms in total. The van der Waals surface area contributed by atoms with Crippen LogP contribution in [0.15, 0.2) is 0 Å². The molecule has 0 rings (SSSR count). The fourth-order valence-electron chi connectivity index (χ4n) is 0.833. The Hall–Kier alpha value is -0.480. The van der Waals surface area contributed by atoms with Crippen molar-refractivity contribution in [1.82, 2.24) is 0 Å². The highest BCUT2D eigenvalue weighted by Crippen LogP contribution is 1.93. The number of nitrogens with zero attached hydrogens (tertiary/aromatic N) is 1. The third kappa shape index (κ3) is 9.52. The van der Waals surface area contributed by atoms with Crippen LogP contribution < -0.4 is 0 Å². The largest absolute Gasteiger partial charge is 0.330 e. The van der Waals surface area contributed by atoms with Gasteiger partial charge in [-0.15, -0.1) is 5.92 Å². The van der Waals surface area contributed by atoms with E-state index in [2.05, 4.69) is 39.9 Å². The van der Waals surface area contributed by atoms with Gasteiger partial charge in [0.2, 0.25) is 0 Å². The van der Waals surface area contributed by atoms with Crippen molar-refractivity contribution < 1.29 is 4.48 Å². The van der Waals surface area contributed by atoms with Gasteiger partial charge in [-0.1, -0.05) is 19.3 Å². The van der Waals surface area contributed by atoms with Crippen LogP contribution >= 0.6 is 0 Å². The molecule has 12 heavy (non-hydrogen) atoms. The van der Waals surface area contributed by atoms with Crippen molar-refractivity contribution in [3.05, 3.63) is 0 Å². The molecular weight excluding hydrogens is 146 g/mol. The van der Waals surface area contributed by atoms with E-state index in [4.69, 9.17) is 0 Å². The highest BCUT2D eigenvalue weighted by molar-refractivity contribution is 4.98. The summed E-state index contributed by atoms with van der Waals surface area (Å²) >= 11 is 0. The van der Waals surface area contributed by atoms with Gasteiger partial charge in [-0.25, -0.2) is 0 Å². The van der Waals surface area contributed by atoms with Crippen molar-refractivity contribution in [3.63, 3.8) is 0 Å². The molecular formula is C11H22N+. The van der Waals surface area contributed by atoms with E-state index >= 15 is 0 Å². The molecule has 0 atom stereocenters. The summed E-state index contributed by atoms with van der Waals surface area (Å²) in [5, 5.41) is 0. The predicted molar refractivity (Wildman–Crippen MR) is 54.8 cm³/mol. The third-order valence-electron chi connectivity index (χ3n) is 1.69. The second-order valence-corrected chi connectivity index (χ2v) is 4.22. The Kier molecular flexibility index (Phi) is 5.84.